The van der Waals surface area contributed by atoms with Gasteiger partial charge in [-0.05, 0) is 36.8 Å². The zero-order chi connectivity index (χ0) is 17.3. The van der Waals surface area contributed by atoms with Gasteiger partial charge < -0.3 is 14.6 Å². The number of carbonyl (C=O) groups is 1. The molecule has 1 aromatic rings. The molecule has 2 atom stereocenters. The number of ether oxygens (including phenoxy) is 2. The van der Waals surface area contributed by atoms with Crippen LogP contribution in [0.3, 0.4) is 0 Å². The minimum Gasteiger partial charge on any atom is -0.496 e. The number of aliphatic hydroxyl groups is 1. The largest absolute Gasteiger partial charge is 0.496 e. The molecule has 2 unspecified atom stereocenters. The third-order valence-electron chi connectivity index (χ3n) is 5.27. The summed E-state index contributed by atoms with van der Waals surface area (Å²) >= 11 is 6.37. The Hall–Kier alpha value is -1.54. The van der Waals surface area contributed by atoms with Crippen LogP contribution in [0.5, 0.6) is 5.75 Å². The van der Waals surface area contributed by atoms with Gasteiger partial charge in [-0.15, -0.1) is 6.42 Å². The summed E-state index contributed by atoms with van der Waals surface area (Å²) in [7, 11) is 1.51. The molecule has 1 N–H and O–H groups in total. The predicted octanol–water partition coefficient (Wildman–Crippen LogP) is 2.93. The van der Waals surface area contributed by atoms with Crippen LogP contribution in [-0.2, 0) is 9.53 Å². The Labute approximate surface area is 147 Å². The van der Waals surface area contributed by atoms with Crippen LogP contribution in [0.1, 0.15) is 42.7 Å². The maximum Gasteiger partial charge on any atom is 0.143 e. The van der Waals surface area contributed by atoms with Gasteiger partial charge in [-0.3, -0.25) is 4.79 Å². The van der Waals surface area contributed by atoms with Crippen LogP contribution in [-0.4, -0.2) is 37.3 Å². The van der Waals surface area contributed by atoms with Crippen molar-refractivity contribution in [1.29, 1.82) is 0 Å². The number of halogens is 1. The monoisotopic (exact) mass is 348 g/mol. The Bertz CT molecular complexity index is 685. The molecule has 0 bridgehead atoms. The molecule has 5 heteroatoms. The lowest BCUT2D eigenvalue weighted by molar-refractivity contribution is -0.135. The second-order valence-corrected chi connectivity index (χ2v) is 7.13. The van der Waals surface area contributed by atoms with Crippen molar-refractivity contribution in [3.05, 3.63) is 28.3 Å². The van der Waals surface area contributed by atoms with E-state index >= 15 is 0 Å². The molecule has 1 saturated heterocycles. The molecule has 24 heavy (non-hydrogen) atoms. The topological polar surface area (TPSA) is 55.8 Å². The Morgan fingerprint density at radius 3 is 2.71 bits per heavy atom. The molecule has 4 nitrogen and oxygen atoms in total. The van der Waals surface area contributed by atoms with Crippen LogP contribution < -0.4 is 4.74 Å². The number of ketones is 1. The molecular formula is C19H21ClO4. The number of hydrogen-bond donors (Lipinski definition) is 1. The van der Waals surface area contributed by atoms with Crippen LogP contribution in [0.4, 0.5) is 0 Å². The van der Waals surface area contributed by atoms with Crippen LogP contribution in [0.25, 0.3) is 0 Å². The minimum absolute atomic E-state index is 0.00399. The number of benzene rings is 1. The van der Waals surface area contributed by atoms with E-state index in [1.54, 1.807) is 12.1 Å². The fourth-order valence-electron chi connectivity index (χ4n) is 4.01. The highest BCUT2D eigenvalue weighted by Crippen LogP contribution is 2.49. The number of carbonyl (C=O) groups excluding carboxylic acids is 1. The first kappa shape index (κ1) is 17.3. The lowest BCUT2D eigenvalue weighted by Crippen LogP contribution is -2.44. The predicted molar refractivity (Wildman–Crippen MR) is 91.4 cm³/mol. The first-order valence-corrected chi connectivity index (χ1v) is 8.50. The molecule has 1 aliphatic heterocycles. The second-order valence-electron chi connectivity index (χ2n) is 6.72. The Morgan fingerprint density at radius 2 is 2.12 bits per heavy atom. The molecule has 1 aliphatic carbocycles. The lowest BCUT2D eigenvalue weighted by Gasteiger charge is -2.44. The molecule has 0 amide bonds. The fourth-order valence-corrected chi connectivity index (χ4v) is 4.34. The zero-order valence-electron chi connectivity index (χ0n) is 13.7. The van der Waals surface area contributed by atoms with Gasteiger partial charge >= 0.3 is 0 Å². The van der Waals surface area contributed by atoms with E-state index in [2.05, 4.69) is 5.92 Å². The fraction of sp³-hybridized carbons (Fsp3) is 0.526. The maximum atomic E-state index is 12.9. The van der Waals surface area contributed by atoms with E-state index in [9.17, 15) is 9.90 Å². The molecule has 1 aromatic carbocycles. The summed E-state index contributed by atoms with van der Waals surface area (Å²) in [5.41, 5.74) is 0.973. The van der Waals surface area contributed by atoms with Gasteiger partial charge in [-0.2, -0.15) is 0 Å². The van der Waals surface area contributed by atoms with Crippen molar-refractivity contribution >= 4 is 17.4 Å². The molecular weight excluding hydrogens is 328 g/mol. The summed E-state index contributed by atoms with van der Waals surface area (Å²) in [6.45, 7) is 1.29. The molecule has 2 fully saturated rings. The number of rotatable bonds is 2. The van der Waals surface area contributed by atoms with Crippen LogP contribution in [0.15, 0.2) is 12.1 Å². The zero-order valence-corrected chi connectivity index (χ0v) is 14.4. The molecule has 2 aliphatic rings. The first-order chi connectivity index (χ1) is 11.5. The van der Waals surface area contributed by atoms with Gasteiger partial charge in [0.15, 0.2) is 0 Å². The third kappa shape index (κ3) is 3.04. The van der Waals surface area contributed by atoms with E-state index in [0.29, 0.717) is 48.0 Å². The normalized spacial score (nSPS) is 26.2. The van der Waals surface area contributed by atoms with Crippen molar-refractivity contribution in [3.8, 4) is 18.1 Å². The van der Waals surface area contributed by atoms with E-state index in [4.69, 9.17) is 27.5 Å². The van der Waals surface area contributed by atoms with E-state index in [-0.39, 0.29) is 11.2 Å². The number of aliphatic hydroxyl groups excluding tert-OH is 1. The molecule has 128 valence electrons. The van der Waals surface area contributed by atoms with E-state index in [0.717, 1.165) is 12.8 Å². The SMILES string of the molecule is C#Cc1cc(Cl)c(C2C(=O)CC3(CCOCC3)CC2O)c(OC)c1. The molecule has 1 spiro atoms. The van der Waals surface area contributed by atoms with E-state index in [1.807, 2.05) is 0 Å². The van der Waals surface area contributed by atoms with Crippen molar-refractivity contribution < 1.29 is 19.4 Å². The number of hydrogen-bond acceptors (Lipinski definition) is 4. The Kier molecular flexibility index (Phi) is 4.87. The average Bonchev–Trinajstić information content (AvgIpc) is 2.55. The quantitative estimate of drug-likeness (QED) is 0.835. The van der Waals surface area contributed by atoms with Crippen LogP contribution >= 0.6 is 11.6 Å². The average molecular weight is 349 g/mol. The van der Waals surface area contributed by atoms with E-state index in [1.165, 1.54) is 7.11 Å². The third-order valence-corrected chi connectivity index (χ3v) is 5.58. The minimum atomic E-state index is -0.785. The summed E-state index contributed by atoms with van der Waals surface area (Å²) in [4.78, 5) is 12.9. The van der Waals surface area contributed by atoms with Gasteiger partial charge in [-0.25, -0.2) is 0 Å². The van der Waals surface area contributed by atoms with Gasteiger partial charge in [-0.1, -0.05) is 17.5 Å². The summed E-state index contributed by atoms with van der Waals surface area (Å²) in [6.07, 6.45) is 7.27. The van der Waals surface area contributed by atoms with Gasteiger partial charge in [0.25, 0.3) is 0 Å². The second kappa shape index (κ2) is 6.76. The van der Waals surface area contributed by atoms with Gasteiger partial charge in [0, 0.05) is 35.8 Å². The number of methoxy groups -OCH3 is 1. The first-order valence-electron chi connectivity index (χ1n) is 8.12. The van der Waals surface area contributed by atoms with Crippen LogP contribution in [0.2, 0.25) is 5.02 Å². The summed E-state index contributed by atoms with van der Waals surface area (Å²) < 4.78 is 10.8. The summed E-state index contributed by atoms with van der Waals surface area (Å²) in [5, 5.41) is 11.1. The maximum absolute atomic E-state index is 12.9. The molecule has 1 saturated carbocycles. The molecule has 0 aromatic heterocycles. The van der Waals surface area contributed by atoms with Crippen LogP contribution in [0, 0.1) is 17.8 Å². The smallest absolute Gasteiger partial charge is 0.143 e. The van der Waals surface area contributed by atoms with Crippen molar-refractivity contribution in [1.82, 2.24) is 0 Å². The van der Waals surface area contributed by atoms with Crippen molar-refractivity contribution in [2.45, 2.75) is 37.7 Å². The highest BCUT2D eigenvalue weighted by Gasteiger charge is 2.47. The van der Waals surface area contributed by atoms with Gasteiger partial charge in [0.05, 0.1) is 19.1 Å². The molecule has 0 radical (unpaired) electrons. The Morgan fingerprint density at radius 1 is 1.42 bits per heavy atom. The summed E-state index contributed by atoms with van der Waals surface area (Å²) in [6, 6.07) is 3.32. The Balaban J connectivity index is 1.96. The standard InChI is InChI=1S/C19H21ClO4/c1-3-12-8-13(20)17(16(9-12)23-2)18-14(21)10-19(11-15(18)22)4-6-24-7-5-19/h1,8-9,14,18,21H,4-7,10-11H2,2H3. The lowest BCUT2D eigenvalue weighted by atomic mass is 9.63. The number of Topliss-reactive ketones (excluding diaryl/α,β-unsaturated/α-hetero) is 1. The molecule has 3 rings (SSSR count). The highest BCUT2D eigenvalue weighted by atomic mass is 35.5. The van der Waals surface area contributed by atoms with Crippen molar-refractivity contribution in [3.63, 3.8) is 0 Å². The van der Waals surface area contributed by atoms with Crippen molar-refractivity contribution in [2.75, 3.05) is 20.3 Å². The van der Waals surface area contributed by atoms with Gasteiger partial charge in [0.2, 0.25) is 0 Å². The van der Waals surface area contributed by atoms with Crippen molar-refractivity contribution in [2.24, 2.45) is 5.41 Å². The van der Waals surface area contributed by atoms with Gasteiger partial charge in [0.1, 0.15) is 11.5 Å². The molecule has 1 heterocycles. The number of terminal acetylenes is 1. The van der Waals surface area contributed by atoms with E-state index < -0.39 is 12.0 Å². The summed E-state index contributed by atoms with van der Waals surface area (Å²) in [5.74, 6) is 2.30. The highest BCUT2D eigenvalue weighted by molar-refractivity contribution is 6.32.